The highest BCUT2D eigenvalue weighted by molar-refractivity contribution is 5.94. The topological polar surface area (TPSA) is 134 Å². The molecular formula is C40H51N3O7. The number of nitrogens with zero attached hydrogens (tertiary/aromatic N) is 1. The number of aromatic hydroxyl groups is 1. The van der Waals surface area contributed by atoms with Gasteiger partial charge in [-0.15, -0.1) is 0 Å². The SMILES string of the molecule is C=Cc1cccc(C(C(=O)NC(Cc2ccccc2)C(=O)OC(C)(C)C)N(CCC)C(=O)C(Cc2ccc(O)cc2)NC(=O)OC(C)(C)C)c1. The second kappa shape index (κ2) is 17.5. The maximum Gasteiger partial charge on any atom is 0.408 e. The Kier molecular flexibility index (Phi) is 13.8. The summed E-state index contributed by atoms with van der Waals surface area (Å²) in [7, 11) is 0. The normalized spacial score (nSPS) is 13.3. The molecule has 268 valence electrons. The van der Waals surface area contributed by atoms with Gasteiger partial charge in [-0.3, -0.25) is 9.59 Å². The number of ether oxygens (including phenoxy) is 2. The summed E-state index contributed by atoms with van der Waals surface area (Å²) >= 11 is 0. The molecule has 3 unspecified atom stereocenters. The summed E-state index contributed by atoms with van der Waals surface area (Å²) in [5.74, 6) is -1.69. The highest BCUT2D eigenvalue weighted by Gasteiger charge is 2.38. The Hall–Kier alpha value is -5.12. The lowest BCUT2D eigenvalue weighted by atomic mass is 9.97. The number of nitrogens with one attached hydrogen (secondary N) is 2. The van der Waals surface area contributed by atoms with Gasteiger partial charge in [0.25, 0.3) is 0 Å². The molecule has 0 radical (unpaired) electrons. The number of carbonyl (C=O) groups excluding carboxylic acids is 4. The lowest BCUT2D eigenvalue weighted by molar-refractivity contribution is -0.159. The standard InChI is InChI=1S/C40H51N3O7/c1-9-23-43(36(46)32(42-38(48)50-40(6,7)8)25-29-19-21-31(44)22-20-29)34(30-18-14-17-27(10-2)24-30)35(45)41-33(37(47)49-39(3,4)5)26-28-15-12-11-13-16-28/h10-22,24,32-34,44H,2,9,23,25-26H2,1,3-8H3,(H,41,45)(H,42,48). The Bertz CT molecular complexity index is 1610. The zero-order chi connectivity index (χ0) is 37.1. The van der Waals surface area contributed by atoms with Gasteiger partial charge >= 0.3 is 12.1 Å². The van der Waals surface area contributed by atoms with Gasteiger partial charge in [-0.1, -0.05) is 80.2 Å². The molecule has 3 rings (SSSR count). The van der Waals surface area contributed by atoms with Crippen LogP contribution in [-0.2, 0) is 36.7 Å². The van der Waals surface area contributed by atoms with Gasteiger partial charge in [-0.25, -0.2) is 9.59 Å². The molecule has 10 heteroatoms. The van der Waals surface area contributed by atoms with Crippen molar-refractivity contribution in [1.29, 1.82) is 0 Å². The molecule has 0 aliphatic carbocycles. The van der Waals surface area contributed by atoms with E-state index < -0.39 is 53.2 Å². The molecule has 0 spiro atoms. The van der Waals surface area contributed by atoms with Crippen LogP contribution >= 0.6 is 0 Å². The maximum absolute atomic E-state index is 14.7. The fourth-order valence-corrected chi connectivity index (χ4v) is 5.32. The van der Waals surface area contributed by atoms with Crippen LogP contribution in [0.2, 0.25) is 0 Å². The molecule has 0 aromatic heterocycles. The van der Waals surface area contributed by atoms with Crippen LogP contribution < -0.4 is 10.6 Å². The molecule has 0 saturated carbocycles. The van der Waals surface area contributed by atoms with Gasteiger partial charge in [-0.2, -0.15) is 0 Å². The highest BCUT2D eigenvalue weighted by Crippen LogP contribution is 2.26. The number of alkyl carbamates (subject to hydrolysis) is 1. The average Bonchev–Trinajstić information content (AvgIpc) is 3.03. The number of carbonyl (C=O) groups is 4. The van der Waals surface area contributed by atoms with E-state index >= 15 is 0 Å². The Balaban J connectivity index is 2.11. The van der Waals surface area contributed by atoms with Crippen molar-refractivity contribution in [2.45, 2.75) is 97.1 Å². The summed E-state index contributed by atoms with van der Waals surface area (Å²) in [6.45, 7) is 16.3. The molecule has 0 saturated heterocycles. The molecule has 10 nitrogen and oxygen atoms in total. The van der Waals surface area contributed by atoms with Gasteiger partial charge in [-0.05, 0) is 88.4 Å². The first-order valence-corrected chi connectivity index (χ1v) is 16.9. The summed E-state index contributed by atoms with van der Waals surface area (Å²) in [5, 5.41) is 15.5. The second-order valence-corrected chi connectivity index (χ2v) is 14.2. The molecule has 0 aliphatic rings. The third kappa shape index (κ3) is 12.4. The van der Waals surface area contributed by atoms with Gasteiger partial charge in [0.05, 0.1) is 0 Å². The van der Waals surface area contributed by atoms with E-state index in [0.29, 0.717) is 17.5 Å². The number of hydrogen-bond donors (Lipinski definition) is 3. The van der Waals surface area contributed by atoms with Crippen LogP contribution in [0.25, 0.3) is 6.08 Å². The molecule has 0 fully saturated rings. The summed E-state index contributed by atoms with van der Waals surface area (Å²) in [4.78, 5) is 57.3. The van der Waals surface area contributed by atoms with Crippen LogP contribution in [0.3, 0.4) is 0 Å². The number of esters is 1. The molecule has 0 bridgehead atoms. The van der Waals surface area contributed by atoms with Gasteiger partial charge in [0.2, 0.25) is 11.8 Å². The van der Waals surface area contributed by atoms with E-state index in [4.69, 9.17) is 9.47 Å². The number of benzene rings is 3. The molecule has 0 aliphatic heterocycles. The van der Waals surface area contributed by atoms with Crippen molar-refractivity contribution in [1.82, 2.24) is 15.5 Å². The third-order valence-corrected chi connectivity index (χ3v) is 7.43. The largest absolute Gasteiger partial charge is 0.508 e. The number of hydrogen-bond acceptors (Lipinski definition) is 7. The lowest BCUT2D eigenvalue weighted by Gasteiger charge is -2.35. The number of rotatable bonds is 14. The molecule has 3 atom stereocenters. The van der Waals surface area contributed by atoms with Crippen molar-refractivity contribution in [3.63, 3.8) is 0 Å². The average molecular weight is 686 g/mol. The zero-order valence-electron chi connectivity index (χ0n) is 30.2. The predicted octanol–water partition coefficient (Wildman–Crippen LogP) is 6.52. The quantitative estimate of drug-likeness (QED) is 0.165. The monoisotopic (exact) mass is 685 g/mol. The van der Waals surface area contributed by atoms with Gasteiger partial charge < -0.3 is 30.1 Å². The first-order chi connectivity index (χ1) is 23.5. The first kappa shape index (κ1) is 39.3. The Morgan fingerprint density at radius 2 is 1.40 bits per heavy atom. The molecule has 3 amide bonds. The Labute approximate surface area is 295 Å². The summed E-state index contributed by atoms with van der Waals surface area (Å²) in [5.41, 5.74) is 1.05. The third-order valence-electron chi connectivity index (χ3n) is 7.43. The number of phenolic OH excluding ortho intramolecular Hbond substituents is 1. The molecule has 50 heavy (non-hydrogen) atoms. The van der Waals surface area contributed by atoms with Crippen molar-refractivity contribution in [2.24, 2.45) is 0 Å². The fourth-order valence-electron chi connectivity index (χ4n) is 5.32. The highest BCUT2D eigenvalue weighted by atomic mass is 16.6. The van der Waals surface area contributed by atoms with E-state index in [2.05, 4.69) is 17.2 Å². The van der Waals surface area contributed by atoms with Gasteiger partial charge in [0.1, 0.15) is 35.1 Å². The van der Waals surface area contributed by atoms with Crippen molar-refractivity contribution in [2.75, 3.05) is 6.54 Å². The molecular weight excluding hydrogens is 634 g/mol. The lowest BCUT2D eigenvalue weighted by Crippen LogP contribution is -2.55. The summed E-state index contributed by atoms with van der Waals surface area (Å²) < 4.78 is 11.2. The van der Waals surface area contributed by atoms with Gasteiger partial charge in [0.15, 0.2) is 0 Å². The van der Waals surface area contributed by atoms with E-state index in [-0.39, 0.29) is 25.1 Å². The van der Waals surface area contributed by atoms with E-state index in [9.17, 15) is 24.3 Å². The van der Waals surface area contributed by atoms with Crippen molar-refractivity contribution in [3.8, 4) is 5.75 Å². The summed E-state index contributed by atoms with van der Waals surface area (Å²) in [6, 6.07) is 19.3. The number of amides is 3. The van der Waals surface area contributed by atoms with Crippen LogP contribution in [0.4, 0.5) is 4.79 Å². The molecule has 3 N–H and O–H groups in total. The van der Waals surface area contributed by atoms with Crippen LogP contribution in [0, 0.1) is 0 Å². The minimum atomic E-state index is -1.20. The Morgan fingerprint density at radius 1 is 0.800 bits per heavy atom. The fraction of sp³-hybridized carbons (Fsp3) is 0.400. The molecule has 0 heterocycles. The van der Waals surface area contributed by atoms with Crippen LogP contribution in [0.15, 0.2) is 85.4 Å². The van der Waals surface area contributed by atoms with E-state index in [1.54, 1.807) is 78.0 Å². The first-order valence-electron chi connectivity index (χ1n) is 16.9. The van der Waals surface area contributed by atoms with E-state index in [0.717, 1.165) is 11.1 Å². The van der Waals surface area contributed by atoms with E-state index in [1.807, 2.05) is 43.3 Å². The minimum Gasteiger partial charge on any atom is -0.508 e. The van der Waals surface area contributed by atoms with Crippen molar-refractivity contribution < 1.29 is 33.8 Å². The van der Waals surface area contributed by atoms with Crippen molar-refractivity contribution in [3.05, 3.63) is 108 Å². The molecule has 3 aromatic carbocycles. The van der Waals surface area contributed by atoms with Crippen LogP contribution in [0.5, 0.6) is 5.75 Å². The second-order valence-electron chi connectivity index (χ2n) is 14.2. The van der Waals surface area contributed by atoms with Crippen molar-refractivity contribution >= 4 is 30.0 Å². The zero-order valence-corrected chi connectivity index (χ0v) is 30.2. The smallest absolute Gasteiger partial charge is 0.408 e. The summed E-state index contributed by atoms with van der Waals surface area (Å²) in [6.07, 6.45) is 1.53. The van der Waals surface area contributed by atoms with E-state index in [1.165, 1.54) is 17.0 Å². The molecule has 3 aromatic rings. The number of phenols is 1. The minimum absolute atomic E-state index is 0.0497. The van der Waals surface area contributed by atoms with Crippen LogP contribution in [-0.4, -0.2) is 63.7 Å². The van der Waals surface area contributed by atoms with Crippen LogP contribution in [0.1, 0.15) is 83.2 Å². The maximum atomic E-state index is 14.7. The predicted molar refractivity (Wildman–Crippen MR) is 194 cm³/mol. The Morgan fingerprint density at radius 3 is 1.98 bits per heavy atom. The van der Waals surface area contributed by atoms with Gasteiger partial charge in [0, 0.05) is 19.4 Å².